The second-order valence-electron chi connectivity index (χ2n) is 1.89. The molecule has 0 amide bonds. The normalized spacial score (nSPS) is 18.1. The van der Waals surface area contributed by atoms with Crippen LogP contribution >= 0.6 is 0 Å². The predicted octanol–water partition coefficient (Wildman–Crippen LogP) is 0.274. The fourth-order valence-corrected chi connectivity index (χ4v) is 0.537. The van der Waals surface area contributed by atoms with Gasteiger partial charge in [0.25, 0.3) is 0 Å². The van der Waals surface area contributed by atoms with E-state index in [2.05, 4.69) is 11.6 Å². The molecular weight excluding hydrogens is 114 g/mol. The van der Waals surface area contributed by atoms with Crippen molar-refractivity contribution in [2.75, 3.05) is 7.05 Å². The summed E-state index contributed by atoms with van der Waals surface area (Å²) in [4.78, 5) is 5.63. The topological polar surface area (TPSA) is 41.6 Å². The lowest BCUT2D eigenvalue weighted by atomic mass is 10.4. The Morgan fingerprint density at radius 1 is 1.78 bits per heavy atom. The van der Waals surface area contributed by atoms with Crippen LogP contribution < -0.4 is 5.73 Å². The monoisotopic (exact) mass is 123 g/mol. The highest BCUT2D eigenvalue weighted by Gasteiger charge is 2.01. The molecule has 3 heteroatoms. The molecule has 0 aromatic rings. The fraction of sp³-hybridized carbons (Fsp3) is 0.167. The Labute approximate surface area is 54.2 Å². The van der Waals surface area contributed by atoms with Gasteiger partial charge >= 0.3 is 0 Å². The van der Waals surface area contributed by atoms with E-state index in [0.29, 0.717) is 11.7 Å². The molecule has 48 valence electrons. The summed E-state index contributed by atoms with van der Waals surface area (Å²) in [6.45, 7) is 3.62. The average molecular weight is 123 g/mol. The van der Waals surface area contributed by atoms with Gasteiger partial charge in [-0.2, -0.15) is 0 Å². The molecule has 0 unspecified atom stereocenters. The summed E-state index contributed by atoms with van der Waals surface area (Å²) < 4.78 is 0. The van der Waals surface area contributed by atoms with Gasteiger partial charge in [0.2, 0.25) is 0 Å². The van der Waals surface area contributed by atoms with Crippen LogP contribution in [0, 0.1) is 0 Å². The van der Waals surface area contributed by atoms with Gasteiger partial charge in [0.05, 0.1) is 5.70 Å². The molecule has 0 aromatic heterocycles. The molecule has 0 fully saturated rings. The SMILES string of the molecule is C=C1C=CN(C)C(N)=N1. The van der Waals surface area contributed by atoms with Crippen molar-refractivity contribution in [3.63, 3.8) is 0 Å². The summed E-state index contributed by atoms with van der Waals surface area (Å²) in [7, 11) is 1.84. The molecule has 2 N–H and O–H groups in total. The van der Waals surface area contributed by atoms with Crippen molar-refractivity contribution in [3.8, 4) is 0 Å². The van der Waals surface area contributed by atoms with Crippen molar-refractivity contribution >= 4 is 5.96 Å². The molecule has 0 saturated carbocycles. The number of rotatable bonds is 0. The van der Waals surface area contributed by atoms with Crippen molar-refractivity contribution in [1.29, 1.82) is 0 Å². The van der Waals surface area contributed by atoms with E-state index in [1.165, 1.54) is 0 Å². The van der Waals surface area contributed by atoms with E-state index in [4.69, 9.17) is 5.73 Å². The van der Waals surface area contributed by atoms with Crippen molar-refractivity contribution in [2.45, 2.75) is 0 Å². The highest BCUT2D eigenvalue weighted by Crippen LogP contribution is 2.02. The van der Waals surface area contributed by atoms with Crippen LogP contribution in [0.1, 0.15) is 0 Å². The zero-order valence-electron chi connectivity index (χ0n) is 5.33. The largest absolute Gasteiger partial charge is 0.369 e. The molecule has 0 aromatic carbocycles. The van der Waals surface area contributed by atoms with Crippen LogP contribution in [0.25, 0.3) is 0 Å². The van der Waals surface area contributed by atoms with Gasteiger partial charge in [0, 0.05) is 13.2 Å². The van der Waals surface area contributed by atoms with Gasteiger partial charge in [-0.25, -0.2) is 4.99 Å². The predicted molar refractivity (Wildman–Crippen MR) is 37.7 cm³/mol. The third-order valence-corrected chi connectivity index (χ3v) is 1.11. The number of nitrogens with two attached hydrogens (primary N) is 1. The summed E-state index contributed by atoms with van der Waals surface area (Å²) in [6, 6.07) is 0. The third-order valence-electron chi connectivity index (χ3n) is 1.11. The second kappa shape index (κ2) is 1.93. The lowest BCUT2D eigenvalue weighted by molar-refractivity contribution is 0.668. The summed E-state index contributed by atoms with van der Waals surface area (Å²) in [5, 5.41) is 0. The minimum absolute atomic E-state index is 0.488. The van der Waals surface area contributed by atoms with Crippen molar-refractivity contribution in [3.05, 3.63) is 24.6 Å². The second-order valence-corrected chi connectivity index (χ2v) is 1.89. The average Bonchev–Trinajstić information content (AvgIpc) is 1.80. The van der Waals surface area contributed by atoms with Crippen LogP contribution in [-0.4, -0.2) is 17.9 Å². The third kappa shape index (κ3) is 1.10. The molecule has 1 heterocycles. The highest BCUT2D eigenvalue weighted by atomic mass is 15.2. The van der Waals surface area contributed by atoms with Crippen LogP contribution in [0.15, 0.2) is 29.5 Å². The van der Waals surface area contributed by atoms with Crippen molar-refractivity contribution < 1.29 is 0 Å². The first kappa shape index (κ1) is 5.88. The van der Waals surface area contributed by atoms with Gasteiger partial charge in [-0.15, -0.1) is 0 Å². The number of nitrogens with zero attached hydrogens (tertiary/aromatic N) is 2. The molecule has 3 nitrogen and oxygen atoms in total. The maximum Gasteiger partial charge on any atom is 0.200 e. The lowest BCUT2D eigenvalue weighted by Crippen LogP contribution is -2.31. The minimum atomic E-state index is 0.488. The Kier molecular flexibility index (Phi) is 1.26. The standard InChI is InChI=1S/C6H9N3/c1-5-3-4-9(2)6(7)8-5/h3-4H,1H2,2H3,(H2,7,8). The molecule has 1 rings (SSSR count). The summed E-state index contributed by atoms with van der Waals surface area (Å²) in [5.41, 5.74) is 6.13. The Bertz CT molecular complexity index is 190. The van der Waals surface area contributed by atoms with E-state index in [-0.39, 0.29) is 0 Å². The Morgan fingerprint density at radius 2 is 2.44 bits per heavy atom. The highest BCUT2D eigenvalue weighted by molar-refractivity contribution is 5.81. The smallest absolute Gasteiger partial charge is 0.200 e. The number of aliphatic imine (C=N–C) groups is 1. The van der Waals surface area contributed by atoms with Crippen LogP contribution in [0.4, 0.5) is 0 Å². The van der Waals surface area contributed by atoms with E-state index >= 15 is 0 Å². The molecule has 0 radical (unpaired) electrons. The summed E-state index contributed by atoms with van der Waals surface area (Å²) in [6.07, 6.45) is 3.63. The van der Waals surface area contributed by atoms with Crippen molar-refractivity contribution in [2.24, 2.45) is 10.7 Å². The zero-order chi connectivity index (χ0) is 6.85. The van der Waals surface area contributed by atoms with Crippen molar-refractivity contribution in [1.82, 2.24) is 4.90 Å². The molecule has 0 atom stereocenters. The van der Waals surface area contributed by atoms with Crippen LogP contribution in [0.3, 0.4) is 0 Å². The first-order chi connectivity index (χ1) is 4.20. The molecule has 9 heavy (non-hydrogen) atoms. The molecular formula is C6H9N3. The maximum absolute atomic E-state index is 5.43. The van der Waals surface area contributed by atoms with Crippen LogP contribution in [-0.2, 0) is 0 Å². The zero-order valence-corrected chi connectivity index (χ0v) is 5.33. The fourth-order valence-electron chi connectivity index (χ4n) is 0.537. The molecule has 1 aliphatic heterocycles. The van der Waals surface area contributed by atoms with Gasteiger partial charge in [0.15, 0.2) is 5.96 Å². The van der Waals surface area contributed by atoms with E-state index in [1.807, 2.05) is 13.2 Å². The lowest BCUT2D eigenvalue weighted by Gasteiger charge is -2.15. The Balaban J connectivity index is 2.82. The minimum Gasteiger partial charge on any atom is -0.369 e. The first-order valence-corrected chi connectivity index (χ1v) is 2.64. The van der Waals surface area contributed by atoms with Gasteiger partial charge in [0.1, 0.15) is 0 Å². The van der Waals surface area contributed by atoms with E-state index in [9.17, 15) is 0 Å². The van der Waals surface area contributed by atoms with E-state index in [0.717, 1.165) is 0 Å². The number of allylic oxidation sites excluding steroid dienone is 1. The first-order valence-electron chi connectivity index (χ1n) is 2.64. The maximum atomic E-state index is 5.43. The molecule has 0 bridgehead atoms. The molecule has 0 saturated heterocycles. The summed E-state index contributed by atoms with van der Waals surface area (Å²) in [5.74, 6) is 0.488. The molecule has 0 spiro atoms. The van der Waals surface area contributed by atoms with Crippen LogP contribution in [0.5, 0.6) is 0 Å². The number of hydrogen-bond donors (Lipinski definition) is 1. The van der Waals surface area contributed by atoms with Gasteiger partial charge in [-0.3, -0.25) is 0 Å². The van der Waals surface area contributed by atoms with E-state index < -0.39 is 0 Å². The number of hydrogen-bond acceptors (Lipinski definition) is 3. The molecule has 0 aliphatic carbocycles. The van der Waals surface area contributed by atoms with E-state index in [1.54, 1.807) is 11.0 Å². The quantitative estimate of drug-likeness (QED) is 0.502. The Morgan fingerprint density at radius 3 is 2.89 bits per heavy atom. The molecule has 1 aliphatic rings. The van der Waals surface area contributed by atoms with Gasteiger partial charge in [-0.05, 0) is 6.08 Å². The Hall–Kier alpha value is -1.25. The van der Waals surface area contributed by atoms with Crippen LogP contribution in [0.2, 0.25) is 0 Å². The summed E-state index contributed by atoms with van der Waals surface area (Å²) >= 11 is 0. The number of guanidine groups is 1. The van der Waals surface area contributed by atoms with Gasteiger partial charge in [-0.1, -0.05) is 6.58 Å². The van der Waals surface area contributed by atoms with Gasteiger partial charge < -0.3 is 10.6 Å².